The minimum Gasteiger partial charge on any atom is -0.359 e. The van der Waals surface area contributed by atoms with Crippen molar-refractivity contribution in [3.8, 4) is 0 Å². The lowest BCUT2D eigenvalue weighted by atomic mass is 9.78. The van der Waals surface area contributed by atoms with Crippen LogP contribution < -0.4 is 5.32 Å². The summed E-state index contributed by atoms with van der Waals surface area (Å²) in [5.41, 5.74) is 0.384. The monoisotopic (exact) mass is 240 g/mol. The quantitative estimate of drug-likeness (QED) is 0.799. The molecule has 3 unspecified atom stereocenters. The van der Waals surface area contributed by atoms with Crippen LogP contribution in [0.2, 0.25) is 0 Å². The summed E-state index contributed by atoms with van der Waals surface area (Å²) in [6, 6.07) is 0.464. The van der Waals surface area contributed by atoms with Crippen molar-refractivity contribution in [2.24, 2.45) is 10.9 Å². The minimum atomic E-state index is 0.384. The van der Waals surface area contributed by atoms with E-state index in [0.29, 0.717) is 11.6 Å². The largest absolute Gasteiger partial charge is 0.359 e. The van der Waals surface area contributed by atoms with Gasteiger partial charge in [-0.15, -0.1) is 0 Å². The van der Waals surface area contributed by atoms with Gasteiger partial charge in [-0.1, -0.05) is 38.5 Å². The highest BCUT2D eigenvalue weighted by atomic mass is 32.2. The van der Waals surface area contributed by atoms with E-state index in [1.807, 2.05) is 11.8 Å². The zero-order chi connectivity index (χ0) is 11.6. The van der Waals surface area contributed by atoms with Gasteiger partial charge in [-0.2, -0.15) is 0 Å². The topological polar surface area (TPSA) is 24.4 Å². The first-order valence-corrected chi connectivity index (χ1v) is 7.61. The smallest absolute Gasteiger partial charge is 0.157 e. The Balaban J connectivity index is 1.98. The highest BCUT2D eigenvalue weighted by Gasteiger charge is 2.40. The molecule has 16 heavy (non-hydrogen) atoms. The summed E-state index contributed by atoms with van der Waals surface area (Å²) >= 11 is 1.93. The zero-order valence-corrected chi connectivity index (χ0v) is 11.6. The van der Waals surface area contributed by atoms with Gasteiger partial charge in [0, 0.05) is 17.3 Å². The maximum Gasteiger partial charge on any atom is 0.157 e. The summed E-state index contributed by atoms with van der Waals surface area (Å²) < 4.78 is 0. The van der Waals surface area contributed by atoms with E-state index in [0.717, 1.165) is 12.3 Å². The molecule has 1 aliphatic heterocycles. The molecule has 0 bridgehead atoms. The van der Waals surface area contributed by atoms with Gasteiger partial charge in [0.15, 0.2) is 5.17 Å². The Morgan fingerprint density at radius 2 is 2.44 bits per heavy atom. The first-order valence-electron chi connectivity index (χ1n) is 6.62. The van der Waals surface area contributed by atoms with E-state index in [4.69, 9.17) is 4.99 Å². The third-order valence-electron chi connectivity index (χ3n) is 3.88. The van der Waals surface area contributed by atoms with E-state index in [1.54, 1.807) is 0 Å². The molecule has 0 aromatic rings. The highest BCUT2D eigenvalue weighted by molar-refractivity contribution is 8.14. The number of hydrogen-bond donors (Lipinski definition) is 1. The van der Waals surface area contributed by atoms with Crippen LogP contribution in [0.3, 0.4) is 0 Å². The van der Waals surface area contributed by atoms with Crippen LogP contribution in [-0.2, 0) is 0 Å². The van der Waals surface area contributed by atoms with Crippen LogP contribution in [0.4, 0.5) is 0 Å². The van der Waals surface area contributed by atoms with Crippen molar-refractivity contribution in [2.75, 3.05) is 5.75 Å². The van der Waals surface area contributed by atoms with E-state index < -0.39 is 0 Å². The number of aliphatic imine (C=N–C) groups is 1. The molecule has 2 aliphatic rings. The molecule has 1 heterocycles. The van der Waals surface area contributed by atoms with E-state index in [-0.39, 0.29) is 0 Å². The number of thioether (sulfide) groups is 1. The molecular formula is C13H24N2S. The number of amidine groups is 1. The summed E-state index contributed by atoms with van der Waals surface area (Å²) in [5.74, 6) is 2.11. The maximum atomic E-state index is 4.74. The first kappa shape index (κ1) is 12.3. The molecule has 0 aromatic carbocycles. The summed E-state index contributed by atoms with van der Waals surface area (Å²) in [4.78, 5) is 4.74. The molecule has 0 amide bonds. The second kappa shape index (κ2) is 4.99. The van der Waals surface area contributed by atoms with E-state index in [2.05, 4.69) is 26.1 Å². The van der Waals surface area contributed by atoms with Gasteiger partial charge in [-0.3, -0.25) is 4.99 Å². The van der Waals surface area contributed by atoms with Crippen molar-refractivity contribution in [1.82, 2.24) is 5.32 Å². The summed E-state index contributed by atoms with van der Waals surface area (Å²) in [7, 11) is 0. The fraction of sp³-hybridized carbons (Fsp3) is 0.923. The van der Waals surface area contributed by atoms with Crippen LogP contribution in [0.5, 0.6) is 0 Å². The second-order valence-electron chi connectivity index (χ2n) is 5.59. The van der Waals surface area contributed by atoms with Crippen molar-refractivity contribution in [3.05, 3.63) is 0 Å². The minimum absolute atomic E-state index is 0.384. The van der Waals surface area contributed by atoms with Crippen molar-refractivity contribution < 1.29 is 0 Å². The van der Waals surface area contributed by atoms with Gasteiger partial charge in [0.2, 0.25) is 0 Å². The third kappa shape index (κ3) is 2.73. The molecular weight excluding hydrogens is 216 g/mol. The van der Waals surface area contributed by atoms with Crippen molar-refractivity contribution in [3.63, 3.8) is 0 Å². The van der Waals surface area contributed by atoms with Crippen molar-refractivity contribution in [1.29, 1.82) is 0 Å². The van der Waals surface area contributed by atoms with Crippen LogP contribution in [0.25, 0.3) is 0 Å². The lowest BCUT2D eigenvalue weighted by Gasteiger charge is -2.36. The highest BCUT2D eigenvalue weighted by Crippen LogP contribution is 2.38. The van der Waals surface area contributed by atoms with Gasteiger partial charge in [0.05, 0.1) is 0 Å². The van der Waals surface area contributed by atoms with Crippen molar-refractivity contribution in [2.45, 2.75) is 64.5 Å². The van der Waals surface area contributed by atoms with E-state index >= 15 is 0 Å². The summed E-state index contributed by atoms with van der Waals surface area (Å²) in [6.45, 7) is 6.79. The fourth-order valence-corrected chi connectivity index (χ4v) is 4.06. The Kier molecular flexibility index (Phi) is 3.83. The fourth-order valence-electron chi connectivity index (χ4n) is 2.77. The van der Waals surface area contributed by atoms with Crippen LogP contribution in [0.1, 0.15) is 52.9 Å². The Bertz CT molecular complexity index is 277. The number of rotatable bonds is 2. The summed E-state index contributed by atoms with van der Waals surface area (Å²) in [5, 5.41) is 4.91. The molecule has 1 aliphatic carbocycles. The van der Waals surface area contributed by atoms with Crippen molar-refractivity contribution >= 4 is 16.9 Å². The molecule has 1 saturated heterocycles. The molecule has 0 radical (unpaired) electrons. The molecule has 3 atom stereocenters. The Morgan fingerprint density at radius 1 is 1.62 bits per heavy atom. The van der Waals surface area contributed by atoms with Crippen LogP contribution >= 0.6 is 11.8 Å². The predicted octanol–water partition coefficient (Wildman–Crippen LogP) is 3.43. The van der Waals surface area contributed by atoms with Gasteiger partial charge in [0.1, 0.15) is 0 Å². The number of nitrogens with zero attached hydrogens (tertiary/aromatic N) is 1. The molecule has 3 heteroatoms. The van der Waals surface area contributed by atoms with Gasteiger partial charge in [-0.05, 0) is 32.1 Å². The average molecular weight is 240 g/mol. The Labute approximate surface area is 104 Å². The number of nitrogens with one attached hydrogen (secondary N) is 1. The van der Waals surface area contributed by atoms with Gasteiger partial charge < -0.3 is 5.32 Å². The SMILES string of the molecule is CCC(C)N=C1NC2(CCCC(C)C2)CS1. The lowest BCUT2D eigenvalue weighted by Crippen LogP contribution is -2.47. The lowest BCUT2D eigenvalue weighted by molar-refractivity contribution is 0.242. The molecule has 1 saturated carbocycles. The van der Waals surface area contributed by atoms with Gasteiger partial charge in [0.25, 0.3) is 0 Å². The van der Waals surface area contributed by atoms with E-state index in [1.165, 1.54) is 36.6 Å². The van der Waals surface area contributed by atoms with Crippen LogP contribution in [0.15, 0.2) is 4.99 Å². The normalized spacial score (nSPS) is 38.9. The standard InChI is InChI=1S/C13H24N2S/c1-4-11(3)14-12-15-13(9-16-12)7-5-6-10(2)8-13/h10-11H,4-9H2,1-3H3,(H,14,15). The first-order chi connectivity index (χ1) is 7.63. The molecule has 1 spiro atoms. The molecule has 2 rings (SSSR count). The van der Waals surface area contributed by atoms with Gasteiger partial charge in [-0.25, -0.2) is 0 Å². The molecule has 2 fully saturated rings. The predicted molar refractivity (Wildman–Crippen MR) is 73.1 cm³/mol. The molecule has 2 nitrogen and oxygen atoms in total. The summed E-state index contributed by atoms with van der Waals surface area (Å²) in [6.07, 6.45) is 6.59. The number of hydrogen-bond acceptors (Lipinski definition) is 2. The maximum absolute atomic E-state index is 4.74. The van der Waals surface area contributed by atoms with Crippen LogP contribution in [0, 0.1) is 5.92 Å². The van der Waals surface area contributed by atoms with E-state index in [9.17, 15) is 0 Å². The Morgan fingerprint density at radius 3 is 3.12 bits per heavy atom. The molecule has 92 valence electrons. The van der Waals surface area contributed by atoms with Gasteiger partial charge >= 0.3 is 0 Å². The molecule has 0 aromatic heterocycles. The zero-order valence-electron chi connectivity index (χ0n) is 10.8. The Hall–Kier alpha value is -0.180. The van der Waals surface area contributed by atoms with Crippen LogP contribution in [-0.4, -0.2) is 22.5 Å². The molecule has 1 N–H and O–H groups in total. The second-order valence-corrected chi connectivity index (χ2v) is 6.55. The average Bonchev–Trinajstić information content (AvgIpc) is 2.60. The third-order valence-corrected chi connectivity index (χ3v) is 5.06.